The maximum Gasteiger partial charge on any atom is 0.305 e. The van der Waals surface area contributed by atoms with E-state index in [2.05, 4.69) is 28.6 Å². The Bertz CT molecular complexity index is 728. The van der Waals surface area contributed by atoms with Crippen molar-refractivity contribution in [2.24, 2.45) is 4.99 Å². The number of hydrogen-bond acceptors (Lipinski definition) is 4. The average Bonchev–Trinajstić information content (AvgIpc) is 2.93. The summed E-state index contributed by atoms with van der Waals surface area (Å²) in [5.41, 5.74) is 2.01. The standard InChI is InChI=1S/C19H27N3O3.HI/c1-4-20-19(21-12-8-11-18(23)24-5-2)22-13-17-14(3)15-9-6-7-10-16(15)25-17;/h6-7,9-10H,4-5,8,11-13H2,1-3H3,(H2,20,21,22);1H. The molecule has 1 aromatic carbocycles. The average molecular weight is 473 g/mol. The second-order valence-electron chi connectivity index (χ2n) is 5.68. The van der Waals surface area contributed by atoms with Gasteiger partial charge in [0.05, 0.1) is 6.61 Å². The Morgan fingerprint density at radius 2 is 2.00 bits per heavy atom. The summed E-state index contributed by atoms with van der Waals surface area (Å²) >= 11 is 0. The Morgan fingerprint density at radius 1 is 1.23 bits per heavy atom. The molecule has 0 atom stereocenters. The summed E-state index contributed by atoms with van der Waals surface area (Å²) in [4.78, 5) is 15.9. The van der Waals surface area contributed by atoms with E-state index in [9.17, 15) is 4.79 Å². The Labute approximate surface area is 171 Å². The largest absolute Gasteiger partial charge is 0.466 e. The van der Waals surface area contributed by atoms with E-state index < -0.39 is 0 Å². The highest BCUT2D eigenvalue weighted by molar-refractivity contribution is 14.0. The van der Waals surface area contributed by atoms with Gasteiger partial charge in [-0.25, -0.2) is 4.99 Å². The van der Waals surface area contributed by atoms with Crippen molar-refractivity contribution < 1.29 is 13.9 Å². The first-order valence-corrected chi connectivity index (χ1v) is 8.80. The van der Waals surface area contributed by atoms with Crippen LogP contribution in [0.5, 0.6) is 0 Å². The van der Waals surface area contributed by atoms with Crippen molar-refractivity contribution >= 4 is 46.9 Å². The molecule has 0 saturated carbocycles. The van der Waals surface area contributed by atoms with E-state index in [1.54, 1.807) is 0 Å². The van der Waals surface area contributed by atoms with Crippen molar-refractivity contribution in [2.75, 3.05) is 19.7 Å². The highest BCUT2D eigenvalue weighted by Crippen LogP contribution is 2.25. The quantitative estimate of drug-likeness (QED) is 0.201. The van der Waals surface area contributed by atoms with E-state index >= 15 is 0 Å². The second-order valence-corrected chi connectivity index (χ2v) is 5.68. The minimum absolute atomic E-state index is 0. The lowest BCUT2D eigenvalue weighted by atomic mass is 10.1. The van der Waals surface area contributed by atoms with Crippen LogP contribution >= 0.6 is 24.0 Å². The van der Waals surface area contributed by atoms with Crippen LogP contribution in [0.4, 0.5) is 0 Å². The van der Waals surface area contributed by atoms with E-state index in [-0.39, 0.29) is 29.9 Å². The number of aliphatic imine (C=N–C) groups is 1. The number of rotatable bonds is 8. The molecule has 2 rings (SSSR count). The van der Waals surface area contributed by atoms with Gasteiger partial charge in [-0.15, -0.1) is 24.0 Å². The molecule has 144 valence electrons. The summed E-state index contributed by atoms with van der Waals surface area (Å²) in [5.74, 6) is 1.42. The molecule has 2 aromatic rings. The van der Waals surface area contributed by atoms with Crippen molar-refractivity contribution in [3.8, 4) is 0 Å². The monoisotopic (exact) mass is 473 g/mol. The number of ether oxygens (including phenoxy) is 1. The Balaban J connectivity index is 0.00000338. The SMILES string of the molecule is CCNC(=NCc1oc2ccccc2c1C)NCCCC(=O)OCC.I. The summed E-state index contributed by atoms with van der Waals surface area (Å²) in [6.45, 7) is 8.19. The third kappa shape index (κ3) is 6.51. The number of hydrogen-bond donors (Lipinski definition) is 2. The summed E-state index contributed by atoms with van der Waals surface area (Å²) in [5, 5.41) is 7.56. The smallest absolute Gasteiger partial charge is 0.305 e. The number of carbonyl (C=O) groups is 1. The number of guanidine groups is 1. The van der Waals surface area contributed by atoms with Gasteiger partial charge in [-0.1, -0.05) is 18.2 Å². The van der Waals surface area contributed by atoms with Gasteiger partial charge in [0.15, 0.2) is 5.96 Å². The third-order valence-corrected chi connectivity index (χ3v) is 3.82. The van der Waals surface area contributed by atoms with Gasteiger partial charge >= 0.3 is 5.97 Å². The van der Waals surface area contributed by atoms with Crippen LogP contribution in [-0.4, -0.2) is 31.6 Å². The van der Waals surface area contributed by atoms with Gasteiger partial charge in [0.1, 0.15) is 17.9 Å². The van der Waals surface area contributed by atoms with Crippen molar-refractivity contribution in [3.05, 3.63) is 35.6 Å². The summed E-state index contributed by atoms with van der Waals surface area (Å²) < 4.78 is 10.8. The first kappa shape index (κ1) is 22.3. The molecule has 0 spiro atoms. The maximum absolute atomic E-state index is 11.3. The number of carbonyl (C=O) groups excluding carboxylic acids is 1. The van der Waals surface area contributed by atoms with Crippen LogP contribution in [0.1, 0.15) is 38.0 Å². The molecular weight excluding hydrogens is 445 g/mol. The highest BCUT2D eigenvalue weighted by atomic mass is 127. The molecule has 0 radical (unpaired) electrons. The van der Waals surface area contributed by atoms with Crippen molar-refractivity contribution in [2.45, 2.75) is 40.2 Å². The Morgan fingerprint density at radius 3 is 2.69 bits per heavy atom. The van der Waals surface area contributed by atoms with Crippen LogP contribution in [0.25, 0.3) is 11.0 Å². The van der Waals surface area contributed by atoms with Gasteiger partial charge in [0.2, 0.25) is 0 Å². The van der Waals surface area contributed by atoms with Crippen molar-refractivity contribution in [1.82, 2.24) is 10.6 Å². The molecular formula is C19H28IN3O3. The van der Waals surface area contributed by atoms with Crippen molar-refractivity contribution in [3.63, 3.8) is 0 Å². The maximum atomic E-state index is 11.3. The van der Waals surface area contributed by atoms with Crippen LogP contribution in [0.15, 0.2) is 33.7 Å². The van der Waals surface area contributed by atoms with E-state index in [4.69, 9.17) is 9.15 Å². The number of nitrogens with one attached hydrogen (secondary N) is 2. The number of benzene rings is 1. The molecule has 26 heavy (non-hydrogen) atoms. The Hall–Kier alpha value is -1.77. The van der Waals surface area contributed by atoms with Gasteiger partial charge in [-0.2, -0.15) is 0 Å². The zero-order valence-corrected chi connectivity index (χ0v) is 18.0. The van der Waals surface area contributed by atoms with Gasteiger partial charge in [-0.05, 0) is 33.3 Å². The fourth-order valence-corrected chi connectivity index (χ4v) is 2.54. The zero-order chi connectivity index (χ0) is 18.1. The predicted molar refractivity (Wildman–Crippen MR) is 115 cm³/mol. The van der Waals surface area contributed by atoms with Crippen LogP contribution in [0.3, 0.4) is 0 Å². The molecule has 1 heterocycles. The number of esters is 1. The topological polar surface area (TPSA) is 75.9 Å². The van der Waals surface area contributed by atoms with Gasteiger partial charge < -0.3 is 19.8 Å². The second kappa shape index (κ2) is 11.8. The number of halogens is 1. The van der Waals surface area contributed by atoms with Gasteiger partial charge in [-0.3, -0.25) is 4.79 Å². The lowest BCUT2D eigenvalue weighted by Gasteiger charge is -2.10. The number of furan rings is 1. The Kier molecular flexibility index (Phi) is 10.1. The molecule has 0 aliphatic carbocycles. The van der Waals surface area contributed by atoms with Crippen molar-refractivity contribution in [1.29, 1.82) is 0 Å². The first-order chi connectivity index (χ1) is 12.2. The third-order valence-electron chi connectivity index (χ3n) is 3.82. The van der Waals surface area contributed by atoms with E-state index in [1.165, 1.54) is 0 Å². The number of aryl methyl sites for hydroxylation is 1. The molecule has 0 bridgehead atoms. The normalized spacial score (nSPS) is 11.1. The summed E-state index contributed by atoms with van der Waals surface area (Å²) in [6.07, 6.45) is 1.11. The summed E-state index contributed by atoms with van der Waals surface area (Å²) in [6, 6.07) is 8.00. The van der Waals surface area contributed by atoms with E-state index in [1.807, 2.05) is 32.0 Å². The molecule has 1 aromatic heterocycles. The lowest BCUT2D eigenvalue weighted by Crippen LogP contribution is -2.37. The fraction of sp³-hybridized carbons (Fsp3) is 0.474. The molecule has 0 unspecified atom stereocenters. The first-order valence-electron chi connectivity index (χ1n) is 8.80. The highest BCUT2D eigenvalue weighted by Gasteiger charge is 2.09. The minimum atomic E-state index is -0.163. The van der Waals surface area contributed by atoms with Gasteiger partial charge in [0.25, 0.3) is 0 Å². The zero-order valence-electron chi connectivity index (χ0n) is 15.6. The molecule has 0 amide bonds. The predicted octanol–water partition coefficient (Wildman–Crippen LogP) is 3.76. The number of para-hydroxylation sites is 1. The number of fused-ring (bicyclic) bond motifs is 1. The van der Waals surface area contributed by atoms with Crippen LogP contribution in [0.2, 0.25) is 0 Å². The summed E-state index contributed by atoms with van der Waals surface area (Å²) in [7, 11) is 0. The number of nitrogens with zero attached hydrogens (tertiary/aromatic N) is 1. The molecule has 0 fully saturated rings. The molecule has 2 N–H and O–H groups in total. The van der Waals surface area contributed by atoms with Gasteiger partial charge in [0, 0.05) is 30.5 Å². The van der Waals surface area contributed by atoms with Crippen LogP contribution < -0.4 is 10.6 Å². The minimum Gasteiger partial charge on any atom is -0.466 e. The van der Waals surface area contributed by atoms with Crippen LogP contribution in [-0.2, 0) is 16.1 Å². The lowest BCUT2D eigenvalue weighted by molar-refractivity contribution is -0.143. The van der Waals surface area contributed by atoms with Crippen LogP contribution in [0, 0.1) is 6.92 Å². The molecule has 7 heteroatoms. The molecule has 0 aliphatic rings. The fourth-order valence-electron chi connectivity index (χ4n) is 2.54. The molecule has 0 aliphatic heterocycles. The van der Waals surface area contributed by atoms with E-state index in [0.29, 0.717) is 38.5 Å². The van der Waals surface area contributed by atoms with E-state index in [0.717, 1.165) is 28.8 Å². The molecule has 6 nitrogen and oxygen atoms in total. The molecule has 0 saturated heterocycles.